The summed E-state index contributed by atoms with van der Waals surface area (Å²) in [5.41, 5.74) is 3.62. The second kappa shape index (κ2) is 10.1. The summed E-state index contributed by atoms with van der Waals surface area (Å²) in [6.45, 7) is 3.59. The fourth-order valence-corrected chi connectivity index (χ4v) is 6.88. The third-order valence-electron chi connectivity index (χ3n) is 7.19. The molecule has 7 nitrogen and oxygen atoms in total. The number of fused-ring (bicyclic) bond motifs is 1. The molecular formula is C26H33N3O4S. The largest absolute Gasteiger partial charge is 0.378 e. The monoisotopic (exact) mass is 483 g/mol. The molecule has 2 fully saturated rings. The molecule has 1 atom stereocenters. The van der Waals surface area contributed by atoms with E-state index in [9.17, 15) is 13.2 Å². The number of aryl methyl sites for hydroxylation is 1. The quantitative estimate of drug-likeness (QED) is 0.704. The van der Waals surface area contributed by atoms with Gasteiger partial charge in [0.2, 0.25) is 10.0 Å². The van der Waals surface area contributed by atoms with Crippen LogP contribution in [0, 0.1) is 0 Å². The molecule has 0 radical (unpaired) electrons. The van der Waals surface area contributed by atoms with E-state index in [4.69, 9.17) is 4.74 Å². The summed E-state index contributed by atoms with van der Waals surface area (Å²) in [5.74, 6) is -0.223. The maximum absolute atomic E-state index is 13.7. The van der Waals surface area contributed by atoms with Gasteiger partial charge in [-0.25, -0.2) is 8.42 Å². The second-order valence-electron chi connectivity index (χ2n) is 9.36. The Morgan fingerprint density at radius 2 is 1.71 bits per heavy atom. The Bertz CT molecular complexity index is 1140. The minimum Gasteiger partial charge on any atom is -0.378 e. The van der Waals surface area contributed by atoms with Gasteiger partial charge in [-0.2, -0.15) is 4.31 Å². The molecule has 8 heteroatoms. The number of amides is 1. The summed E-state index contributed by atoms with van der Waals surface area (Å²) >= 11 is 0. The van der Waals surface area contributed by atoms with Crippen molar-refractivity contribution in [2.45, 2.75) is 49.5 Å². The lowest BCUT2D eigenvalue weighted by Gasteiger charge is -2.32. The van der Waals surface area contributed by atoms with E-state index in [2.05, 4.69) is 22.3 Å². The van der Waals surface area contributed by atoms with Crippen LogP contribution in [0.15, 0.2) is 47.4 Å². The third kappa shape index (κ3) is 4.72. The number of rotatable bonds is 5. The van der Waals surface area contributed by atoms with E-state index < -0.39 is 10.0 Å². The van der Waals surface area contributed by atoms with Crippen LogP contribution in [0.25, 0.3) is 0 Å². The van der Waals surface area contributed by atoms with E-state index in [0.717, 1.165) is 49.8 Å². The van der Waals surface area contributed by atoms with Crippen molar-refractivity contribution in [3.8, 4) is 0 Å². The first-order valence-corrected chi connectivity index (χ1v) is 13.8. The fourth-order valence-electron chi connectivity index (χ4n) is 5.33. The van der Waals surface area contributed by atoms with Gasteiger partial charge < -0.3 is 15.0 Å². The molecule has 0 saturated carbocycles. The zero-order valence-corrected chi connectivity index (χ0v) is 20.4. The summed E-state index contributed by atoms with van der Waals surface area (Å²) in [6.07, 6.45) is 5.71. The average Bonchev–Trinajstić information content (AvgIpc) is 2.89. The lowest BCUT2D eigenvalue weighted by molar-refractivity contribution is 0.0931. The number of nitrogens with one attached hydrogen (secondary N) is 1. The fraction of sp³-hybridized carbons (Fsp3) is 0.500. The number of hydrogen-bond acceptors (Lipinski definition) is 5. The zero-order valence-electron chi connectivity index (χ0n) is 19.5. The number of carbonyl (C=O) groups is 1. The maximum atomic E-state index is 13.7. The van der Waals surface area contributed by atoms with Crippen molar-refractivity contribution in [2.75, 3.05) is 44.3 Å². The first-order valence-electron chi connectivity index (χ1n) is 12.4. The van der Waals surface area contributed by atoms with E-state index in [-0.39, 0.29) is 16.8 Å². The number of morpholine rings is 1. The van der Waals surface area contributed by atoms with Crippen molar-refractivity contribution in [1.82, 2.24) is 9.62 Å². The molecule has 182 valence electrons. The van der Waals surface area contributed by atoms with Crippen LogP contribution in [-0.2, 0) is 21.2 Å². The molecule has 1 aliphatic carbocycles. The Labute approximate surface area is 202 Å². The van der Waals surface area contributed by atoms with Crippen LogP contribution in [0.4, 0.5) is 5.69 Å². The predicted molar refractivity (Wildman–Crippen MR) is 132 cm³/mol. The minimum absolute atomic E-state index is 0.0719. The summed E-state index contributed by atoms with van der Waals surface area (Å²) in [5, 5.41) is 3.22. The van der Waals surface area contributed by atoms with Crippen LogP contribution in [0.2, 0.25) is 0 Å². The molecule has 2 heterocycles. The van der Waals surface area contributed by atoms with Crippen LogP contribution in [0.1, 0.15) is 59.6 Å². The molecule has 0 aromatic heterocycles. The number of hydrogen-bond donors (Lipinski definition) is 1. The van der Waals surface area contributed by atoms with E-state index in [1.165, 1.54) is 5.56 Å². The van der Waals surface area contributed by atoms with Gasteiger partial charge in [0, 0.05) is 31.9 Å². The molecule has 0 bridgehead atoms. The van der Waals surface area contributed by atoms with Gasteiger partial charge in [0.15, 0.2) is 0 Å². The first kappa shape index (κ1) is 23.3. The molecule has 2 aromatic carbocycles. The van der Waals surface area contributed by atoms with E-state index in [0.29, 0.717) is 45.0 Å². The van der Waals surface area contributed by atoms with Crippen molar-refractivity contribution in [3.63, 3.8) is 0 Å². The van der Waals surface area contributed by atoms with Crippen LogP contribution in [-0.4, -0.2) is 58.0 Å². The van der Waals surface area contributed by atoms with Gasteiger partial charge in [-0.1, -0.05) is 30.7 Å². The van der Waals surface area contributed by atoms with Crippen LogP contribution in [0.3, 0.4) is 0 Å². The molecule has 3 aliphatic rings. The smallest absolute Gasteiger partial charge is 0.253 e. The topological polar surface area (TPSA) is 79.0 Å². The number of piperidine rings is 1. The summed E-state index contributed by atoms with van der Waals surface area (Å²) in [4.78, 5) is 16.0. The molecule has 2 aromatic rings. The van der Waals surface area contributed by atoms with E-state index >= 15 is 0 Å². The Morgan fingerprint density at radius 1 is 0.941 bits per heavy atom. The van der Waals surface area contributed by atoms with Gasteiger partial charge in [-0.05, 0) is 61.4 Å². The molecule has 0 unspecified atom stereocenters. The number of sulfonamides is 1. The molecular weight excluding hydrogens is 450 g/mol. The zero-order chi connectivity index (χ0) is 23.5. The summed E-state index contributed by atoms with van der Waals surface area (Å²) in [6, 6.07) is 13.2. The highest BCUT2D eigenvalue weighted by Crippen LogP contribution is 2.32. The van der Waals surface area contributed by atoms with Gasteiger partial charge in [-0.15, -0.1) is 0 Å². The van der Waals surface area contributed by atoms with E-state index in [1.54, 1.807) is 22.5 Å². The Kier molecular flexibility index (Phi) is 6.90. The van der Waals surface area contributed by atoms with Gasteiger partial charge >= 0.3 is 0 Å². The van der Waals surface area contributed by atoms with Crippen molar-refractivity contribution in [3.05, 3.63) is 59.2 Å². The lowest BCUT2D eigenvalue weighted by atomic mass is 9.87. The second-order valence-corrected chi connectivity index (χ2v) is 11.3. The third-order valence-corrected chi connectivity index (χ3v) is 9.09. The Hall–Kier alpha value is -2.42. The maximum Gasteiger partial charge on any atom is 0.253 e. The SMILES string of the molecule is O=C(N[C@H]1CCCc2ccccc21)c1cc(S(=O)(=O)N2CCCCC2)ccc1N1CCOCC1. The predicted octanol–water partition coefficient (Wildman–Crippen LogP) is 3.51. The number of benzene rings is 2. The average molecular weight is 484 g/mol. The standard InChI is InChI=1S/C26H33N3O4S/c30-26(27-24-10-6-8-20-7-2-3-9-22(20)24)23-19-21(34(31,32)29-13-4-1-5-14-29)11-12-25(23)28-15-17-33-18-16-28/h2-3,7,9,11-12,19,24H,1,4-6,8,10,13-18H2,(H,27,30)/t24-/m0/s1. The lowest BCUT2D eigenvalue weighted by Crippen LogP contribution is -2.39. The molecule has 0 spiro atoms. The molecule has 2 saturated heterocycles. The molecule has 1 N–H and O–H groups in total. The molecule has 34 heavy (non-hydrogen) atoms. The normalized spacial score (nSPS) is 21.6. The summed E-state index contributed by atoms with van der Waals surface area (Å²) < 4.78 is 33.8. The van der Waals surface area contributed by atoms with Crippen LogP contribution in [0.5, 0.6) is 0 Å². The molecule has 5 rings (SSSR count). The first-order chi connectivity index (χ1) is 16.5. The highest BCUT2D eigenvalue weighted by molar-refractivity contribution is 7.89. The minimum atomic E-state index is -3.64. The Balaban J connectivity index is 1.48. The Morgan fingerprint density at radius 3 is 2.50 bits per heavy atom. The van der Waals surface area contributed by atoms with Crippen LogP contribution < -0.4 is 10.2 Å². The van der Waals surface area contributed by atoms with Crippen molar-refractivity contribution in [1.29, 1.82) is 0 Å². The van der Waals surface area contributed by atoms with E-state index in [1.807, 2.05) is 12.1 Å². The summed E-state index contributed by atoms with van der Waals surface area (Å²) in [7, 11) is -3.64. The van der Waals surface area contributed by atoms with Gasteiger partial charge in [0.05, 0.1) is 29.7 Å². The number of ether oxygens (including phenoxy) is 1. The molecule has 1 amide bonds. The van der Waals surface area contributed by atoms with Crippen molar-refractivity contribution >= 4 is 21.6 Å². The highest BCUT2D eigenvalue weighted by Gasteiger charge is 2.30. The van der Waals surface area contributed by atoms with Crippen LogP contribution >= 0.6 is 0 Å². The van der Waals surface area contributed by atoms with Gasteiger partial charge in [-0.3, -0.25) is 4.79 Å². The number of nitrogens with zero attached hydrogens (tertiary/aromatic N) is 2. The number of carbonyl (C=O) groups excluding carboxylic acids is 1. The van der Waals surface area contributed by atoms with Gasteiger partial charge in [0.25, 0.3) is 5.91 Å². The van der Waals surface area contributed by atoms with Gasteiger partial charge in [0.1, 0.15) is 0 Å². The molecule has 2 aliphatic heterocycles. The number of anilines is 1. The van der Waals surface area contributed by atoms with Crippen molar-refractivity contribution in [2.24, 2.45) is 0 Å². The highest BCUT2D eigenvalue weighted by atomic mass is 32.2. The van der Waals surface area contributed by atoms with Crippen molar-refractivity contribution < 1.29 is 17.9 Å².